The molecule has 0 unspecified atom stereocenters. The number of benzene rings is 1. The second-order valence-corrected chi connectivity index (χ2v) is 6.27. The number of cyclic esters (lactones) is 1. The van der Waals surface area contributed by atoms with Gasteiger partial charge in [-0.1, -0.05) is 30.1 Å². The first-order valence-electron chi connectivity index (χ1n) is 6.83. The topological polar surface area (TPSA) is 55.4 Å². The Morgan fingerprint density at radius 3 is 2.76 bits per heavy atom. The van der Waals surface area contributed by atoms with Gasteiger partial charge in [-0.05, 0) is 38.0 Å². The summed E-state index contributed by atoms with van der Waals surface area (Å²) in [6, 6.07) is 4.88. The van der Waals surface area contributed by atoms with Crippen molar-refractivity contribution in [1.29, 1.82) is 0 Å². The van der Waals surface area contributed by atoms with Crippen LogP contribution in [0.1, 0.15) is 26.7 Å². The molecule has 114 valence electrons. The van der Waals surface area contributed by atoms with E-state index in [1.165, 1.54) is 0 Å². The van der Waals surface area contributed by atoms with Crippen LogP contribution in [0.5, 0.6) is 0 Å². The number of hydrogen-bond acceptors (Lipinski definition) is 3. The van der Waals surface area contributed by atoms with E-state index in [0.717, 1.165) is 0 Å². The summed E-state index contributed by atoms with van der Waals surface area (Å²) in [6.07, 6.45) is 1.07. The summed E-state index contributed by atoms with van der Waals surface area (Å²) in [5, 5.41) is 3.65. The van der Waals surface area contributed by atoms with Gasteiger partial charge in [-0.25, -0.2) is 0 Å². The summed E-state index contributed by atoms with van der Waals surface area (Å²) in [4.78, 5) is 23.8. The van der Waals surface area contributed by atoms with Gasteiger partial charge < -0.3 is 10.1 Å². The third-order valence-corrected chi connectivity index (χ3v) is 4.09. The molecular formula is C15H17Cl2NO3. The molecule has 1 saturated heterocycles. The molecule has 1 amide bonds. The Labute approximate surface area is 133 Å². The lowest BCUT2D eigenvalue weighted by Gasteiger charge is -2.15. The van der Waals surface area contributed by atoms with Gasteiger partial charge in [-0.3, -0.25) is 9.59 Å². The van der Waals surface area contributed by atoms with E-state index in [1.807, 2.05) is 6.92 Å². The second-order valence-electron chi connectivity index (χ2n) is 5.43. The highest BCUT2D eigenvalue weighted by Crippen LogP contribution is 2.29. The number of hydrogen-bond donors (Lipinski definition) is 1. The smallest absolute Gasteiger partial charge is 0.309 e. The van der Waals surface area contributed by atoms with Crippen molar-refractivity contribution in [2.45, 2.75) is 32.8 Å². The van der Waals surface area contributed by atoms with E-state index in [4.69, 9.17) is 27.9 Å². The predicted molar refractivity (Wildman–Crippen MR) is 82.5 cm³/mol. The lowest BCUT2D eigenvalue weighted by Crippen LogP contribution is -2.24. The highest BCUT2D eigenvalue weighted by atomic mass is 35.5. The first kappa shape index (κ1) is 16.1. The fourth-order valence-electron chi connectivity index (χ4n) is 2.41. The maximum Gasteiger partial charge on any atom is 0.309 e. The minimum absolute atomic E-state index is 0.0662. The van der Waals surface area contributed by atoms with Crippen LogP contribution in [0.4, 0.5) is 5.69 Å². The van der Waals surface area contributed by atoms with Crippen LogP contribution in [0.3, 0.4) is 0 Å². The Balaban J connectivity index is 1.95. The molecule has 1 aromatic carbocycles. The van der Waals surface area contributed by atoms with Crippen LogP contribution in [0, 0.1) is 11.8 Å². The van der Waals surface area contributed by atoms with Gasteiger partial charge in [0, 0.05) is 10.9 Å². The van der Waals surface area contributed by atoms with Crippen LogP contribution < -0.4 is 5.32 Å². The molecular weight excluding hydrogens is 313 g/mol. The molecule has 21 heavy (non-hydrogen) atoms. The number of halogens is 2. The third-order valence-electron chi connectivity index (χ3n) is 3.54. The summed E-state index contributed by atoms with van der Waals surface area (Å²) in [5.74, 6) is -0.903. The summed E-state index contributed by atoms with van der Waals surface area (Å²) >= 11 is 11.8. The maximum atomic E-state index is 12.2. The van der Waals surface area contributed by atoms with Crippen molar-refractivity contribution in [2.24, 2.45) is 11.8 Å². The van der Waals surface area contributed by atoms with Gasteiger partial charge in [0.2, 0.25) is 5.91 Å². The van der Waals surface area contributed by atoms with Gasteiger partial charge in [0.05, 0.1) is 22.7 Å². The Kier molecular flexibility index (Phi) is 5.12. The highest BCUT2D eigenvalue weighted by Gasteiger charge is 2.34. The van der Waals surface area contributed by atoms with E-state index in [0.29, 0.717) is 28.6 Å². The Bertz CT molecular complexity index is 562. The lowest BCUT2D eigenvalue weighted by atomic mass is 9.93. The second kappa shape index (κ2) is 6.67. The van der Waals surface area contributed by atoms with E-state index < -0.39 is 0 Å². The zero-order valence-electron chi connectivity index (χ0n) is 11.9. The van der Waals surface area contributed by atoms with Gasteiger partial charge >= 0.3 is 5.97 Å². The molecule has 0 spiro atoms. The average Bonchev–Trinajstić information content (AvgIpc) is 2.71. The summed E-state index contributed by atoms with van der Waals surface area (Å²) in [5.41, 5.74) is 0.514. The van der Waals surface area contributed by atoms with Gasteiger partial charge in [0.1, 0.15) is 0 Å². The van der Waals surface area contributed by atoms with E-state index in [2.05, 4.69) is 5.32 Å². The van der Waals surface area contributed by atoms with Crippen molar-refractivity contribution in [3.8, 4) is 0 Å². The molecule has 0 saturated carbocycles. The van der Waals surface area contributed by atoms with E-state index in [1.54, 1.807) is 25.1 Å². The van der Waals surface area contributed by atoms with Gasteiger partial charge in [-0.2, -0.15) is 0 Å². The van der Waals surface area contributed by atoms with Crippen molar-refractivity contribution in [3.05, 3.63) is 28.2 Å². The van der Waals surface area contributed by atoms with Crippen molar-refractivity contribution in [1.82, 2.24) is 0 Å². The molecule has 1 aliphatic rings. The summed E-state index contributed by atoms with van der Waals surface area (Å²) in [6.45, 7) is 3.64. The van der Waals surface area contributed by atoms with E-state index in [-0.39, 0.29) is 29.8 Å². The molecule has 6 heteroatoms. The van der Waals surface area contributed by atoms with Crippen LogP contribution in [-0.4, -0.2) is 18.0 Å². The van der Waals surface area contributed by atoms with E-state index in [9.17, 15) is 9.59 Å². The molecule has 0 aliphatic carbocycles. The summed E-state index contributed by atoms with van der Waals surface area (Å²) in [7, 11) is 0. The molecule has 0 radical (unpaired) electrons. The van der Waals surface area contributed by atoms with Crippen LogP contribution >= 0.6 is 23.2 Å². The number of rotatable bonds is 4. The highest BCUT2D eigenvalue weighted by molar-refractivity contribution is 6.36. The molecule has 1 aliphatic heterocycles. The largest absolute Gasteiger partial charge is 0.462 e. The van der Waals surface area contributed by atoms with E-state index >= 15 is 0 Å². The average molecular weight is 330 g/mol. The minimum Gasteiger partial charge on any atom is -0.462 e. The Morgan fingerprint density at radius 1 is 1.48 bits per heavy atom. The molecule has 3 atom stereocenters. The Morgan fingerprint density at radius 2 is 2.19 bits per heavy atom. The standard InChI is InChI=1S/C15H17Cl2NO3/c1-8(5-10-6-9(2)21-15(10)20)14(19)18-13-4-3-11(16)7-12(13)17/h3-4,7-10H,5-6H2,1-2H3,(H,18,19)/t8-,9-,10-/m0/s1. The molecule has 1 heterocycles. The fourth-order valence-corrected chi connectivity index (χ4v) is 2.87. The van der Waals surface area contributed by atoms with Crippen LogP contribution in [-0.2, 0) is 14.3 Å². The summed E-state index contributed by atoms with van der Waals surface area (Å²) < 4.78 is 5.10. The van der Waals surface area contributed by atoms with Gasteiger partial charge in [0.25, 0.3) is 0 Å². The normalized spacial score (nSPS) is 22.8. The molecule has 1 aromatic rings. The molecule has 0 bridgehead atoms. The number of carbonyl (C=O) groups is 2. The van der Waals surface area contributed by atoms with Crippen molar-refractivity contribution >= 4 is 40.8 Å². The number of nitrogens with one attached hydrogen (secondary N) is 1. The number of carbonyl (C=O) groups excluding carboxylic acids is 2. The van der Waals surface area contributed by atoms with Crippen LogP contribution in [0.25, 0.3) is 0 Å². The molecule has 4 nitrogen and oxygen atoms in total. The number of esters is 1. The van der Waals surface area contributed by atoms with Gasteiger partial charge in [-0.15, -0.1) is 0 Å². The SMILES string of the molecule is C[C@H]1C[C@H](C[C@H](C)C(=O)Nc2ccc(Cl)cc2Cl)C(=O)O1. The zero-order valence-corrected chi connectivity index (χ0v) is 13.4. The number of anilines is 1. The van der Waals surface area contributed by atoms with Crippen molar-refractivity contribution < 1.29 is 14.3 Å². The molecule has 0 aromatic heterocycles. The number of ether oxygens (including phenoxy) is 1. The fraction of sp³-hybridized carbons (Fsp3) is 0.467. The van der Waals surface area contributed by atoms with Crippen LogP contribution in [0.15, 0.2) is 18.2 Å². The zero-order chi connectivity index (χ0) is 15.6. The quantitative estimate of drug-likeness (QED) is 0.852. The Hall–Kier alpha value is -1.26. The minimum atomic E-state index is -0.306. The van der Waals surface area contributed by atoms with Crippen molar-refractivity contribution in [3.63, 3.8) is 0 Å². The monoisotopic (exact) mass is 329 g/mol. The first-order valence-corrected chi connectivity index (χ1v) is 7.59. The first-order chi connectivity index (χ1) is 9.86. The molecule has 1 N–H and O–H groups in total. The maximum absolute atomic E-state index is 12.2. The van der Waals surface area contributed by atoms with Gasteiger partial charge in [0.15, 0.2) is 0 Å². The molecule has 2 rings (SSSR count). The third kappa shape index (κ3) is 4.11. The predicted octanol–water partition coefficient (Wildman–Crippen LogP) is 3.91. The lowest BCUT2D eigenvalue weighted by molar-refractivity contribution is -0.144. The van der Waals surface area contributed by atoms with Crippen LogP contribution in [0.2, 0.25) is 10.0 Å². The molecule has 1 fully saturated rings. The number of amides is 1. The van der Waals surface area contributed by atoms with Crippen molar-refractivity contribution in [2.75, 3.05) is 5.32 Å².